The molecule has 0 saturated heterocycles. The Hall–Kier alpha value is -0.830. The molecule has 0 amide bonds. The Morgan fingerprint density at radius 2 is 2.07 bits per heavy atom. The maximum atomic E-state index is 5.66. The first-order valence-electron chi connectivity index (χ1n) is 4.82. The molecule has 2 aromatic rings. The summed E-state index contributed by atoms with van der Waals surface area (Å²) in [4.78, 5) is 4.40. The van der Waals surface area contributed by atoms with Gasteiger partial charge in [0.1, 0.15) is 5.52 Å². The molecule has 1 aromatic carbocycles. The van der Waals surface area contributed by atoms with Gasteiger partial charge in [0.25, 0.3) is 0 Å². The molecule has 0 saturated carbocycles. The number of nitrogens with zero attached hydrogens (tertiary/aromatic N) is 1. The first-order chi connectivity index (χ1) is 6.74. The van der Waals surface area contributed by atoms with Crippen LogP contribution in [0.15, 0.2) is 21.0 Å². The number of hydrogen-bond acceptors (Lipinski definition) is 2. The van der Waals surface area contributed by atoms with Gasteiger partial charge in [0.15, 0.2) is 11.5 Å². The highest BCUT2D eigenvalue weighted by Crippen LogP contribution is 2.25. The third-order valence-corrected chi connectivity index (χ3v) is 2.72. The van der Waals surface area contributed by atoms with Crippen molar-refractivity contribution in [2.45, 2.75) is 26.7 Å². The molecule has 0 fully saturated rings. The van der Waals surface area contributed by atoms with Crippen LogP contribution in [0.25, 0.3) is 11.1 Å². The SMILES string of the molecule is CCc1nc2cc(Br)cc(CC)c2o1. The zero-order valence-corrected chi connectivity index (χ0v) is 9.89. The van der Waals surface area contributed by atoms with Gasteiger partial charge in [-0.2, -0.15) is 0 Å². The van der Waals surface area contributed by atoms with Gasteiger partial charge in [-0.15, -0.1) is 0 Å². The van der Waals surface area contributed by atoms with Crippen LogP contribution in [0.4, 0.5) is 0 Å². The molecular formula is C11H12BrNO. The lowest BCUT2D eigenvalue weighted by Crippen LogP contribution is -1.81. The van der Waals surface area contributed by atoms with Gasteiger partial charge in [-0.25, -0.2) is 4.98 Å². The number of fused-ring (bicyclic) bond motifs is 1. The van der Waals surface area contributed by atoms with Gasteiger partial charge in [0.2, 0.25) is 0 Å². The maximum Gasteiger partial charge on any atom is 0.195 e. The highest BCUT2D eigenvalue weighted by Gasteiger charge is 2.08. The smallest absolute Gasteiger partial charge is 0.195 e. The number of aromatic nitrogens is 1. The molecule has 2 rings (SSSR count). The summed E-state index contributed by atoms with van der Waals surface area (Å²) in [5, 5.41) is 0. The largest absolute Gasteiger partial charge is 0.440 e. The summed E-state index contributed by atoms with van der Waals surface area (Å²) in [5.74, 6) is 0.813. The van der Waals surface area contributed by atoms with Crippen molar-refractivity contribution in [3.05, 3.63) is 28.1 Å². The molecule has 0 aliphatic heterocycles. The van der Waals surface area contributed by atoms with Crippen LogP contribution in [-0.2, 0) is 12.8 Å². The quantitative estimate of drug-likeness (QED) is 0.816. The molecule has 0 atom stereocenters. The van der Waals surface area contributed by atoms with Gasteiger partial charge in [-0.3, -0.25) is 0 Å². The van der Waals surface area contributed by atoms with Crippen LogP contribution in [0.3, 0.4) is 0 Å². The van der Waals surface area contributed by atoms with E-state index in [2.05, 4.69) is 33.9 Å². The lowest BCUT2D eigenvalue weighted by atomic mass is 10.1. The van der Waals surface area contributed by atoms with Crippen molar-refractivity contribution in [3.8, 4) is 0 Å². The van der Waals surface area contributed by atoms with Crippen molar-refractivity contribution in [1.82, 2.24) is 4.98 Å². The summed E-state index contributed by atoms with van der Waals surface area (Å²) in [5.41, 5.74) is 3.10. The highest BCUT2D eigenvalue weighted by atomic mass is 79.9. The molecule has 3 heteroatoms. The van der Waals surface area contributed by atoms with E-state index in [9.17, 15) is 0 Å². The second kappa shape index (κ2) is 3.73. The summed E-state index contributed by atoms with van der Waals surface area (Å²) in [7, 11) is 0. The Morgan fingerprint density at radius 1 is 1.29 bits per heavy atom. The summed E-state index contributed by atoms with van der Waals surface area (Å²) >= 11 is 3.47. The zero-order valence-electron chi connectivity index (χ0n) is 8.30. The van der Waals surface area contributed by atoms with Crippen molar-refractivity contribution < 1.29 is 4.42 Å². The molecule has 2 nitrogen and oxygen atoms in total. The fourth-order valence-corrected chi connectivity index (χ4v) is 2.02. The van der Waals surface area contributed by atoms with Crippen molar-refractivity contribution in [2.75, 3.05) is 0 Å². The minimum Gasteiger partial charge on any atom is -0.440 e. The topological polar surface area (TPSA) is 26.0 Å². The molecule has 0 unspecified atom stereocenters. The molecule has 1 heterocycles. The summed E-state index contributed by atoms with van der Waals surface area (Å²) in [6, 6.07) is 4.09. The zero-order chi connectivity index (χ0) is 10.1. The van der Waals surface area contributed by atoms with Crippen LogP contribution >= 0.6 is 15.9 Å². The lowest BCUT2D eigenvalue weighted by Gasteiger charge is -1.97. The Bertz CT molecular complexity index is 462. The van der Waals surface area contributed by atoms with Gasteiger partial charge in [-0.05, 0) is 24.1 Å². The van der Waals surface area contributed by atoms with Crippen molar-refractivity contribution in [2.24, 2.45) is 0 Å². The number of halogens is 1. The number of rotatable bonds is 2. The molecule has 0 spiro atoms. The predicted molar refractivity (Wildman–Crippen MR) is 60.5 cm³/mol. The number of hydrogen-bond donors (Lipinski definition) is 0. The van der Waals surface area contributed by atoms with E-state index in [4.69, 9.17) is 4.42 Å². The first-order valence-corrected chi connectivity index (χ1v) is 5.61. The fourth-order valence-electron chi connectivity index (χ4n) is 1.52. The third kappa shape index (κ3) is 1.57. The van der Waals surface area contributed by atoms with E-state index in [1.807, 2.05) is 13.0 Å². The Labute approximate surface area is 91.5 Å². The monoisotopic (exact) mass is 253 g/mol. The van der Waals surface area contributed by atoms with Crippen LogP contribution in [0, 0.1) is 0 Å². The molecule has 14 heavy (non-hydrogen) atoms. The molecule has 74 valence electrons. The molecule has 0 aliphatic rings. The number of aryl methyl sites for hydroxylation is 2. The number of oxazole rings is 1. The molecule has 1 aromatic heterocycles. The van der Waals surface area contributed by atoms with E-state index < -0.39 is 0 Å². The van der Waals surface area contributed by atoms with E-state index in [0.717, 1.165) is 34.3 Å². The Balaban J connectivity index is 2.71. The van der Waals surface area contributed by atoms with Crippen LogP contribution in [0.5, 0.6) is 0 Å². The van der Waals surface area contributed by atoms with Crippen molar-refractivity contribution >= 4 is 27.0 Å². The van der Waals surface area contributed by atoms with Crippen LogP contribution < -0.4 is 0 Å². The standard InChI is InChI=1S/C11H12BrNO/c1-3-7-5-8(12)6-9-11(7)14-10(4-2)13-9/h5-6H,3-4H2,1-2H3. The molecule has 0 N–H and O–H groups in total. The van der Waals surface area contributed by atoms with Gasteiger partial charge in [-0.1, -0.05) is 29.8 Å². The van der Waals surface area contributed by atoms with Gasteiger partial charge < -0.3 is 4.42 Å². The summed E-state index contributed by atoms with van der Waals surface area (Å²) < 4.78 is 6.73. The van der Waals surface area contributed by atoms with Crippen LogP contribution in [0.2, 0.25) is 0 Å². The fraction of sp³-hybridized carbons (Fsp3) is 0.364. The van der Waals surface area contributed by atoms with Gasteiger partial charge in [0, 0.05) is 10.9 Å². The molecule has 0 aliphatic carbocycles. The van der Waals surface area contributed by atoms with Gasteiger partial charge >= 0.3 is 0 Å². The minimum absolute atomic E-state index is 0.813. The Morgan fingerprint density at radius 3 is 2.71 bits per heavy atom. The normalized spacial score (nSPS) is 11.1. The summed E-state index contributed by atoms with van der Waals surface area (Å²) in [6.45, 7) is 4.17. The summed E-state index contributed by atoms with van der Waals surface area (Å²) in [6.07, 6.45) is 1.81. The second-order valence-electron chi connectivity index (χ2n) is 3.23. The van der Waals surface area contributed by atoms with E-state index in [1.165, 1.54) is 5.56 Å². The van der Waals surface area contributed by atoms with E-state index in [1.54, 1.807) is 0 Å². The maximum absolute atomic E-state index is 5.66. The van der Waals surface area contributed by atoms with E-state index in [0.29, 0.717) is 0 Å². The third-order valence-electron chi connectivity index (χ3n) is 2.26. The highest BCUT2D eigenvalue weighted by molar-refractivity contribution is 9.10. The molecule has 0 radical (unpaired) electrons. The average molecular weight is 254 g/mol. The minimum atomic E-state index is 0.813. The number of benzene rings is 1. The van der Waals surface area contributed by atoms with Crippen LogP contribution in [-0.4, -0.2) is 4.98 Å². The average Bonchev–Trinajstić information content (AvgIpc) is 2.59. The van der Waals surface area contributed by atoms with Crippen molar-refractivity contribution in [3.63, 3.8) is 0 Å². The predicted octanol–water partition coefficient (Wildman–Crippen LogP) is 3.72. The van der Waals surface area contributed by atoms with Gasteiger partial charge in [0.05, 0.1) is 0 Å². The lowest BCUT2D eigenvalue weighted by molar-refractivity contribution is 0.535. The molecular weight excluding hydrogens is 242 g/mol. The van der Waals surface area contributed by atoms with Crippen LogP contribution in [0.1, 0.15) is 25.3 Å². The first kappa shape index (κ1) is 9.71. The Kier molecular flexibility index (Phi) is 2.59. The van der Waals surface area contributed by atoms with E-state index >= 15 is 0 Å². The van der Waals surface area contributed by atoms with E-state index in [-0.39, 0.29) is 0 Å². The second-order valence-corrected chi connectivity index (χ2v) is 4.14. The van der Waals surface area contributed by atoms with Crippen molar-refractivity contribution in [1.29, 1.82) is 0 Å². The molecule has 0 bridgehead atoms.